The maximum atomic E-state index is 10.3. The Bertz CT molecular complexity index is 128. The molecule has 0 aliphatic heterocycles. The van der Waals surface area contributed by atoms with Crippen LogP contribution >= 0.6 is 0 Å². The fourth-order valence-electron chi connectivity index (χ4n) is 0.673. The van der Waals surface area contributed by atoms with Crippen molar-refractivity contribution in [1.29, 1.82) is 0 Å². The number of allylic oxidation sites excluding steroid dienone is 1. The quantitative estimate of drug-likeness (QED) is 0.347. The minimum atomic E-state index is -0.200. The molecule has 0 saturated carbocycles. The van der Waals surface area contributed by atoms with Gasteiger partial charge in [0.15, 0.2) is 0 Å². The lowest BCUT2D eigenvalue weighted by molar-refractivity contribution is -0.140. The fourth-order valence-corrected chi connectivity index (χ4v) is 0.673. The van der Waals surface area contributed by atoms with Gasteiger partial charge in [0.1, 0.15) is 0 Å². The minimum Gasteiger partial charge on any atom is -0.466 e. The zero-order valence-corrected chi connectivity index (χ0v) is 7.30. The molecule has 0 aromatic carbocycles. The molecule has 0 unspecified atom stereocenters. The van der Waals surface area contributed by atoms with E-state index in [-0.39, 0.29) is 5.97 Å². The van der Waals surface area contributed by atoms with Crippen molar-refractivity contribution in [2.75, 3.05) is 6.61 Å². The number of esters is 1. The molecule has 0 rings (SSSR count). The maximum Gasteiger partial charge on any atom is 0.302 e. The summed E-state index contributed by atoms with van der Waals surface area (Å²) in [6, 6.07) is 0. The van der Waals surface area contributed by atoms with Crippen LogP contribution in [-0.2, 0) is 9.53 Å². The number of rotatable bonds is 5. The summed E-state index contributed by atoms with van der Waals surface area (Å²) in [5.74, 6) is -0.200. The monoisotopic (exact) mass is 156 g/mol. The van der Waals surface area contributed by atoms with Gasteiger partial charge in [-0.2, -0.15) is 0 Å². The first-order valence-electron chi connectivity index (χ1n) is 4.05. The number of hydrogen-bond donors (Lipinski definition) is 0. The number of ether oxygens (including phenoxy) is 1. The molecular formula is C9H16O2. The third-order valence-electron chi connectivity index (χ3n) is 1.21. The molecule has 2 nitrogen and oxygen atoms in total. The van der Waals surface area contributed by atoms with Gasteiger partial charge in [0, 0.05) is 6.92 Å². The Morgan fingerprint density at radius 1 is 1.36 bits per heavy atom. The van der Waals surface area contributed by atoms with Gasteiger partial charge in [-0.3, -0.25) is 4.79 Å². The van der Waals surface area contributed by atoms with Crippen LogP contribution < -0.4 is 0 Å². The average Bonchev–Trinajstić information content (AvgIpc) is 1.96. The van der Waals surface area contributed by atoms with Crippen LogP contribution in [0.1, 0.15) is 33.1 Å². The van der Waals surface area contributed by atoms with E-state index in [1.165, 1.54) is 13.3 Å². The first-order valence-corrected chi connectivity index (χ1v) is 4.05. The predicted molar refractivity (Wildman–Crippen MR) is 45.3 cm³/mol. The van der Waals surface area contributed by atoms with Crippen LogP contribution in [-0.4, -0.2) is 12.6 Å². The van der Waals surface area contributed by atoms with Crippen molar-refractivity contribution in [3.8, 4) is 0 Å². The second-order valence-corrected chi connectivity index (χ2v) is 2.39. The summed E-state index contributed by atoms with van der Waals surface area (Å²) in [6.45, 7) is 4.07. The molecule has 0 bridgehead atoms. The Morgan fingerprint density at radius 2 is 2.00 bits per heavy atom. The molecule has 0 aromatic rings. The van der Waals surface area contributed by atoms with Crippen molar-refractivity contribution in [2.45, 2.75) is 33.1 Å². The summed E-state index contributed by atoms with van der Waals surface area (Å²) in [6.07, 6.45) is 7.28. The van der Waals surface area contributed by atoms with Crippen LogP contribution in [0.2, 0.25) is 0 Å². The zero-order chi connectivity index (χ0) is 8.53. The van der Waals surface area contributed by atoms with E-state index in [9.17, 15) is 4.79 Å². The summed E-state index contributed by atoms with van der Waals surface area (Å²) in [5, 5.41) is 0. The molecule has 0 amide bonds. The molecule has 0 saturated heterocycles. The molecule has 0 aliphatic carbocycles. The van der Waals surface area contributed by atoms with Gasteiger partial charge < -0.3 is 4.74 Å². The SMILES string of the molecule is CCC/C=C/CCOC(C)=O. The summed E-state index contributed by atoms with van der Waals surface area (Å²) in [4.78, 5) is 10.3. The first kappa shape index (κ1) is 10.2. The Balaban J connectivity index is 3.07. The van der Waals surface area contributed by atoms with Crippen molar-refractivity contribution in [3.63, 3.8) is 0 Å². The fraction of sp³-hybridized carbons (Fsp3) is 0.667. The van der Waals surface area contributed by atoms with Crippen molar-refractivity contribution in [2.24, 2.45) is 0 Å². The molecule has 0 fully saturated rings. The van der Waals surface area contributed by atoms with Crippen molar-refractivity contribution >= 4 is 5.97 Å². The van der Waals surface area contributed by atoms with Crippen molar-refractivity contribution in [1.82, 2.24) is 0 Å². The Morgan fingerprint density at radius 3 is 2.55 bits per heavy atom. The van der Waals surface area contributed by atoms with E-state index in [0.717, 1.165) is 12.8 Å². The van der Waals surface area contributed by atoms with E-state index in [1.54, 1.807) is 0 Å². The number of carbonyl (C=O) groups is 1. The molecule has 0 heterocycles. The molecule has 0 aromatic heterocycles. The van der Waals surface area contributed by atoms with Gasteiger partial charge in [0.2, 0.25) is 0 Å². The Labute approximate surface area is 68.2 Å². The highest BCUT2D eigenvalue weighted by Crippen LogP contribution is 1.91. The van der Waals surface area contributed by atoms with E-state index in [4.69, 9.17) is 4.74 Å². The van der Waals surface area contributed by atoms with Crippen molar-refractivity contribution in [3.05, 3.63) is 12.2 Å². The summed E-state index contributed by atoms with van der Waals surface area (Å²) in [5.41, 5.74) is 0. The first-order chi connectivity index (χ1) is 5.27. The molecule has 0 aliphatic rings. The molecule has 0 spiro atoms. The van der Waals surface area contributed by atoms with Crippen LogP contribution in [0.25, 0.3) is 0 Å². The van der Waals surface area contributed by atoms with Gasteiger partial charge in [0.05, 0.1) is 6.61 Å². The van der Waals surface area contributed by atoms with E-state index < -0.39 is 0 Å². The van der Waals surface area contributed by atoms with E-state index in [1.807, 2.05) is 6.08 Å². The Kier molecular flexibility index (Phi) is 6.79. The lowest BCUT2D eigenvalue weighted by Crippen LogP contribution is -1.98. The molecule has 2 heteroatoms. The topological polar surface area (TPSA) is 26.3 Å². The molecule has 0 atom stereocenters. The third kappa shape index (κ3) is 9.21. The lowest BCUT2D eigenvalue weighted by Gasteiger charge is -1.95. The van der Waals surface area contributed by atoms with Crippen LogP contribution in [0.4, 0.5) is 0 Å². The summed E-state index contributed by atoms with van der Waals surface area (Å²) in [7, 11) is 0. The Hall–Kier alpha value is -0.790. The molecule has 0 N–H and O–H groups in total. The van der Waals surface area contributed by atoms with Gasteiger partial charge >= 0.3 is 5.97 Å². The molecular weight excluding hydrogens is 140 g/mol. The lowest BCUT2D eigenvalue weighted by atomic mass is 10.3. The minimum absolute atomic E-state index is 0.200. The highest BCUT2D eigenvalue weighted by Gasteiger charge is 1.87. The third-order valence-corrected chi connectivity index (χ3v) is 1.21. The standard InChI is InChI=1S/C9H16O2/c1-3-4-5-6-7-8-11-9(2)10/h5-6H,3-4,7-8H2,1-2H3/b6-5+. The van der Waals surface area contributed by atoms with Crippen molar-refractivity contribution < 1.29 is 9.53 Å². The van der Waals surface area contributed by atoms with Crippen LogP contribution in [0.3, 0.4) is 0 Å². The van der Waals surface area contributed by atoms with Crippen LogP contribution in [0.5, 0.6) is 0 Å². The van der Waals surface area contributed by atoms with E-state index >= 15 is 0 Å². The molecule has 11 heavy (non-hydrogen) atoms. The number of unbranched alkanes of at least 4 members (excludes halogenated alkanes) is 1. The van der Waals surface area contributed by atoms with E-state index in [2.05, 4.69) is 13.0 Å². The smallest absolute Gasteiger partial charge is 0.302 e. The summed E-state index contributed by atoms with van der Waals surface area (Å²) < 4.78 is 4.73. The maximum absolute atomic E-state index is 10.3. The van der Waals surface area contributed by atoms with Crippen LogP contribution in [0.15, 0.2) is 12.2 Å². The zero-order valence-electron chi connectivity index (χ0n) is 7.30. The second kappa shape index (κ2) is 7.32. The molecule has 0 radical (unpaired) electrons. The normalized spacial score (nSPS) is 10.4. The number of carbonyl (C=O) groups excluding carboxylic acids is 1. The van der Waals surface area contributed by atoms with E-state index in [0.29, 0.717) is 6.61 Å². The van der Waals surface area contributed by atoms with Gasteiger partial charge in [-0.15, -0.1) is 0 Å². The second-order valence-electron chi connectivity index (χ2n) is 2.39. The highest BCUT2D eigenvalue weighted by molar-refractivity contribution is 5.65. The van der Waals surface area contributed by atoms with Gasteiger partial charge in [0.25, 0.3) is 0 Å². The largest absolute Gasteiger partial charge is 0.466 e. The molecule has 64 valence electrons. The number of hydrogen-bond acceptors (Lipinski definition) is 2. The van der Waals surface area contributed by atoms with Gasteiger partial charge in [-0.1, -0.05) is 25.5 Å². The predicted octanol–water partition coefficient (Wildman–Crippen LogP) is 2.30. The summed E-state index contributed by atoms with van der Waals surface area (Å²) >= 11 is 0. The highest BCUT2D eigenvalue weighted by atomic mass is 16.5. The van der Waals surface area contributed by atoms with Gasteiger partial charge in [-0.25, -0.2) is 0 Å². The van der Waals surface area contributed by atoms with Gasteiger partial charge in [-0.05, 0) is 12.8 Å². The average molecular weight is 156 g/mol. The van der Waals surface area contributed by atoms with Crippen LogP contribution in [0, 0.1) is 0 Å².